The number of aromatic hydroxyl groups is 1. The van der Waals surface area contributed by atoms with Gasteiger partial charge in [0.25, 0.3) is 0 Å². The molecule has 0 bridgehead atoms. The van der Waals surface area contributed by atoms with E-state index in [9.17, 15) is 5.11 Å². The summed E-state index contributed by atoms with van der Waals surface area (Å²) in [5, 5.41) is 10.2. The zero-order valence-electron chi connectivity index (χ0n) is 12.6. The van der Waals surface area contributed by atoms with Crippen molar-refractivity contribution in [3.8, 4) is 11.5 Å². The smallest absolute Gasteiger partial charge is 0.126 e. The van der Waals surface area contributed by atoms with Gasteiger partial charge in [-0.15, -0.1) is 0 Å². The minimum Gasteiger partial charge on any atom is -0.507 e. The number of benzene rings is 1. The van der Waals surface area contributed by atoms with Gasteiger partial charge in [0.1, 0.15) is 17.3 Å². The standard InChI is InChI=1S/C18H20O3/c1-13(2)6-9-16-17(19)11-14(12-18(16)20-3)7-8-15-5-4-10-21-15/h4-8,10-12,19H,9H2,1-3H3/b8-7+. The molecule has 0 aliphatic rings. The molecule has 110 valence electrons. The van der Waals surface area contributed by atoms with E-state index in [1.807, 2.05) is 44.2 Å². The van der Waals surface area contributed by atoms with Gasteiger partial charge >= 0.3 is 0 Å². The molecule has 0 fully saturated rings. The first-order valence-electron chi connectivity index (χ1n) is 6.85. The first-order valence-corrected chi connectivity index (χ1v) is 6.85. The lowest BCUT2D eigenvalue weighted by Gasteiger charge is -2.10. The first-order chi connectivity index (χ1) is 10.1. The average molecular weight is 284 g/mol. The fourth-order valence-electron chi connectivity index (χ4n) is 2.01. The highest BCUT2D eigenvalue weighted by Crippen LogP contribution is 2.31. The maximum atomic E-state index is 10.2. The van der Waals surface area contributed by atoms with Crippen molar-refractivity contribution in [1.29, 1.82) is 0 Å². The minimum absolute atomic E-state index is 0.242. The van der Waals surface area contributed by atoms with Gasteiger partial charge in [0.2, 0.25) is 0 Å². The molecule has 0 amide bonds. The van der Waals surface area contributed by atoms with Crippen LogP contribution in [0.5, 0.6) is 11.5 Å². The van der Waals surface area contributed by atoms with Crippen LogP contribution in [0.3, 0.4) is 0 Å². The number of phenolic OH excluding ortho intramolecular Hbond substituents is 1. The van der Waals surface area contributed by atoms with E-state index in [4.69, 9.17) is 9.15 Å². The molecule has 1 aromatic carbocycles. The van der Waals surface area contributed by atoms with E-state index in [-0.39, 0.29) is 5.75 Å². The molecule has 1 aromatic heterocycles. The van der Waals surface area contributed by atoms with Crippen molar-refractivity contribution < 1.29 is 14.3 Å². The quantitative estimate of drug-likeness (QED) is 0.811. The lowest BCUT2D eigenvalue weighted by atomic mass is 10.0. The summed E-state index contributed by atoms with van der Waals surface area (Å²) in [5.74, 6) is 1.69. The molecule has 0 saturated heterocycles. The minimum atomic E-state index is 0.242. The zero-order chi connectivity index (χ0) is 15.2. The molecule has 0 atom stereocenters. The SMILES string of the molecule is COc1cc(/C=C/c2ccco2)cc(O)c1CC=C(C)C. The Morgan fingerprint density at radius 2 is 2.10 bits per heavy atom. The van der Waals surface area contributed by atoms with E-state index in [0.29, 0.717) is 12.2 Å². The van der Waals surface area contributed by atoms with Gasteiger partial charge in [0.15, 0.2) is 0 Å². The van der Waals surface area contributed by atoms with Crippen molar-refractivity contribution in [3.05, 3.63) is 59.1 Å². The van der Waals surface area contributed by atoms with Crippen molar-refractivity contribution >= 4 is 12.2 Å². The van der Waals surface area contributed by atoms with Gasteiger partial charge in [0, 0.05) is 5.56 Å². The zero-order valence-corrected chi connectivity index (χ0v) is 12.6. The van der Waals surface area contributed by atoms with Crippen molar-refractivity contribution in [2.75, 3.05) is 7.11 Å². The molecule has 0 aliphatic heterocycles. The van der Waals surface area contributed by atoms with Gasteiger partial charge in [-0.05, 0) is 56.2 Å². The number of rotatable bonds is 5. The molecule has 2 aromatic rings. The van der Waals surface area contributed by atoms with Crippen molar-refractivity contribution in [1.82, 2.24) is 0 Å². The molecular formula is C18H20O3. The van der Waals surface area contributed by atoms with Gasteiger partial charge in [-0.25, -0.2) is 0 Å². The van der Waals surface area contributed by atoms with E-state index in [1.54, 1.807) is 19.4 Å². The normalized spacial score (nSPS) is 10.8. The maximum Gasteiger partial charge on any atom is 0.126 e. The summed E-state index contributed by atoms with van der Waals surface area (Å²) in [6.45, 7) is 4.06. The average Bonchev–Trinajstić information content (AvgIpc) is 2.96. The molecule has 3 nitrogen and oxygen atoms in total. The van der Waals surface area contributed by atoms with E-state index in [1.165, 1.54) is 5.57 Å². The van der Waals surface area contributed by atoms with E-state index >= 15 is 0 Å². The molecule has 0 aliphatic carbocycles. The summed E-state index contributed by atoms with van der Waals surface area (Å²) in [6.07, 6.45) is 8.07. The van der Waals surface area contributed by atoms with Crippen LogP contribution >= 0.6 is 0 Å². The second-order valence-corrected chi connectivity index (χ2v) is 5.06. The maximum absolute atomic E-state index is 10.2. The van der Waals surface area contributed by atoms with Crippen molar-refractivity contribution in [2.45, 2.75) is 20.3 Å². The summed E-state index contributed by atoms with van der Waals surface area (Å²) in [6, 6.07) is 7.35. The fourth-order valence-corrected chi connectivity index (χ4v) is 2.01. The van der Waals surface area contributed by atoms with Crippen LogP contribution in [-0.4, -0.2) is 12.2 Å². The number of phenols is 1. The second-order valence-electron chi connectivity index (χ2n) is 5.06. The molecule has 1 N–H and O–H groups in total. The summed E-state index contributed by atoms with van der Waals surface area (Å²) in [4.78, 5) is 0. The molecule has 1 heterocycles. The number of ether oxygens (including phenoxy) is 1. The Hall–Kier alpha value is -2.42. The summed E-state index contributed by atoms with van der Waals surface area (Å²) in [5.41, 5.74) is 2.87. The molecule has 21 heavy (non-hydrogen) atoms. The number of methoxy groups -OCH3 is 1. The molecular weight excluding hydrogens is 264 g/mol. The highest BCUT2D eigenvalue weighted by molar-refractivity contribution is 5.70. The van der Waals surface area contributed by atoms with Crippen LogP contribution in [0.2, 0.25) is 0 Å². The molecule has 3 heteroatoms. The summed E-state index contributed by atoms with van der Waals surface area (Å²) >= 11 is 0. The Bertz CT molecular complexity index is 645. The van der Waals surface area contributed by atoms with E-state index < -0.39 is 0 Å². The van der Waals surface area contributed by atoms with Gasteiger partial charge in [-0.2, -0.15) is 0 Å². The number of hydrogen-bond acceptors (Lipinski definition) is 3. The van der Waals surface area contributed by atoms with Crippen LogP contribution in [0.15, 0.2) is 46.6 Å². The first kappa shape index (κ1) is 15.0. The lowest BCUT2D eigenvalue weighted by molar-refractivity contribution is 0.401. The van der Waals surface area contributed by atoms with Gasteiger partial charge in [-0.3, -0.25) is 0 Å². The molecule has 0 radical (unpaired) electrons. The monoisotopic (exact) mass is 284 g/mol. The Balaban J connectivity index is 2.29. The van der Waals surface area contributed by atoms with Crippen LogP contribution in [0.25, 0.3) is 12.2 Å². The van der Waals surface area contributed by atoms with Gasteiger partial charge in [0.05, 0.1) is 13.4 Å². The number of furan rings is 1. The summed E-state index contributed by atoms with van der Waals surface area (Å²) < 4.78 is 10.6. The highest BCUT2D eigenvalue weighted by atomic mass is 16.5. The van der Waals surface area contributed by atoms with Crippen LogP contribution in [-0.2, 0) is 6.42 Å². The predicted octanol–water partition coefficient (Wildman–Crippen LogP) is 4.67. The number of allylic oxidation sites excluding steroid dienone is 2. The Labute approximate surface area is 125 Å². The number of hydrogen-bond donors (Lipinski definition) is 1. The van der Waals surface area contributed by atoms with E-state index in [2.05, 4.69) is 6.08 Å². The molecule has 2 rings (SSSR count). The highest BCUT2D eigenvalue weighted by Gasteiger charge is 2.09. The lowest BCUT2D eigenvalue weighted by Crippen LogP contribution is -1.93. The third kappa shape index (κ3) is 4.02. The molecule has 0 saturated carbocycles. The largest absolute Gasteiger partial charge is 0.507 e. The van der Waals surface area contributed by atoms with E-state index in [0.717, 1.165) is 16.9 Å². The van der Waals surface area contributed by atoms with Gasteiger partial charge < -0.3 is 14.3 Å². The van der Waals surface area contributed by atoms with Crippen molar-refractivity contribution in [2.24, 2.45) is 0 Å². The fraction of sp³-hybridized carbons (Fsp3) is 0.222. The Morgan fingerprint density at radius 1 is 1.29 bits per heavy atom. The predicted molar refractivity (Wildman–Crippen MR) is 85.4 cm³/mol. The third-order valence-corrected chi connectivity index (χ3v) is 3.13. The van der Waals surface area contributed by atoms with Crippen molar-refractivity contribution in [3.63, 3.8) is 0 Å². The molecule has 0 spiro atoms. The van der Waals surface area contributed by atoms with Gasteiger partial charge in [-0.1, -0.05) is 17.7 Å². The topological polar surface area (TPSA) is 42.6 Å². The second kappa shape index (κ2) is 6.84. The molecule has 0 unspecified atom stereocenters. The Morgan fingerprint density at radius 3 is 2.71 bits per heavy atom. The Kier molecular flexibility index (Phi) is 4.88. The summed E-state index contributed by atoms with van der Waals surface area (Å²) in [7, 11) is 1.61. The van der Waals surface area contributed by atoms with Crippen LogP contribution in [0.1, 0.15) is 30.7 Å². The third-order valence-electron chi connectivity index (χ3n) is 3.13. The van der Waals surface area contributed by atoms with Crippen LogP contribution in [0.4, 0.5) is 0 Å². The van der Waals surface area contributed by atoms with Crippen LogP contribution in [0, 0.1) is 0 Å². The van der Waals surface area contributed by atoms with Crippen LogP contribution < -0.4 is 4.74 Å².